The van der Waals surface area contributed by atoms with Crippen LogP contribution in [-0.4, -0.2) is 26.5 Å². The Morgan fingerprint density at radius 2 is 2.26 bits per heavy atom. The summed E-state index contributed by atoms with van der Waals surface area (Å²) < 4.78 is 27.4. The summed E-state index contributed by atoms with van der Waals surface area (Å²) in [5.41, 5.74) is 6.99. The Morgan fingerprint density at radius 3 is 2.89 bits per heavy atom. The zero-order valence-corrected chi connectivity index (χ0v) is 12.7. The molecule has 1 aromatic rings. The first-order chi connectivity index (χ1) is 9.03. The van der Waals surface area contributed by atoms with Gasteiger partial charge in [0.2, 0.25) is 10.0 Å². The van der Waals surface area contributed by atoms with Gasteiger partial charge in [-0.1, -0.05) is 13.0 Å². The summed E-state index contributed by atoms with van der Waals surface area (Å²) in [6.07, 6.45) is 1.76. The number of hydrogen-bond acceptors (Lipinski definition) is 4. The molecule has 106 valence electrons. The summed E-state index contributed by atoms with van der Waals surface area (Å²) >= 11 is 1.88. The van der Waals surface area contributed by atoms with Gasteiger partial charge in [0, 0.05) is 12.2 Å². The topological polar surface area (TPSA) is 72.2 Å². The van der Waals surface area contributed by atoms with Crippen molar-refractivity contribution in [2.45, 2.75) is 24.7 Å². The third-order valence-corrected chi connectivity index (χ3v) is 6.08. The van der Waals surface area contributed by atoms with Crippen molar-refractivity contribution in [1.82, 2.24) is 4.72 Å². The van der Waals surface area contributed by atoms with Crippen LogP contribution in [0.5, 0.6) is 0 Å². The van der Waals surface area contributed by atoms with Crippen molar-refractivity contribution in [2.24, 2.45) is 5.92 Å². The smallest absolute Gasteiger partial charge is 0.240 e. The summed E-state index contributed by atoms with van der Waals surface area (Å²) in [4.78, 5) is 0.320. The molecule has 19 heavy (non-hydrogen) atoms. The predicted octanol–water partition coefficient (Wildman–Crippen LogP) is 1.86. The Kier molecular flexibility index (Phi) is 4.76. The van der Waals surface area contributed by atoms with E-state index in [1.807, 2.05) is 18.7 Å². The van der Waals surface area contributed by atoms with Gasteiger partial charge in [0.25, 0.3) is 0 Å². The van der Waals surface area contributed by atoms with Gasteiger partial charge >= 0.3 is 0 Å². The Bertz CT molecular complexity index is 538. The normalized spacial score (nSPS) is 19.7. The van der Waals surface area contributed by atoms with Crippen LogP contribution in [-0.2, 0) is 16.4 Å². The summed E-state index contributed by atoms with van der Waals surface area (Å²) in [7, 11) is -3.45. The van der Waals surface area contributed by atoms with E-state index in [1.54, 1.807) is 18.2 Å². The van der Waals surface area contributed by atoms with Crippen LogP contribution in [0, 0.1) is 5.92 Å². The molecule has 1 atom stereocenters. The number of hydrogen-bond donors (Lipinski definition) is 2. The molecule has 0 amide bonds. The van der Waals surface area contributed by atoms with Crippen LogP contribution in [0.25, 0.3) is 0 Å². The average Bonchev–Trinajstić information content (AvgIpc) is 2.89. The van der Waals surface area contributed by atoms with Gasteiger partial charge in [0.05, 0.1) is 4.90 Å². The highest BCUT2D eigenvalue weighted by molar-refractivity contribution is 7.99. The maximum atomic E-state index is 12.3. The Balaban J connectivity index is 2.16. The minimum atomic E-state index is -3.45. The van der Waals surface area contributed by atoms with Crippen LogP contribution < -0.4 is 10.5 Å². The Hall–Kier alpha value is -0.720. The van der Waals surface area contributed by atoms with Crippen molar-refractivity contribution in [1.29, 1.82) is 0 Å². The molecule has 1 aliphatic rings. The van der Waals surface area contributed by atoms with E-state index in [9.17, 15) is 8.42 Å². The first kappa shape index (κ1) is 14.7. The quantitative estimate of drug-likeness (QED) is 0.814. The van der Waals surface area contributed by atoms with E-state index in [0.29, 0.717) is 29.5 Å². The van der Waals surface area contributed by atoms with Crippen LogP contribution >= 0.6 is 11.8 Å². The number of sulfonamides is 1. The molecule has 1 aliphatic heterocycles. The van der Waals surface area contributed by atoms with Crippen LogP contribution in [0.1, 0.15) is 18.9 Å². The Morgan fingerprint density at radius 1 is 1.47 bits per heavy atom. The molecule has 1 aromatic carbocycles. The van der Waals surface area contributed by atoms with E-state index in [1.165, 1.54) is 0 Å². The van der Waals surface area contributed by atoms with Crippen molar-refractivity contribution in [3.05, 3.63) is 23.8 Å². The number of nitrogens with one attached hydrogen (secondary N) is 1. The molecule has 0 aliphatic carbocycles. The fourth-order valence-corrected chi connectivity index (χ4v) is 4.91. The second-order valence-electron chi connectivity index (χ2n) is 4.80. The first-order valence-electron chi connectivity index (χ1n) is 6.48. The molecule has 6 heteroatoms. The molecule has 1 fully saturated rings. The van der Waals surface area contributed by atoms with Crippen molar-refractivity contribution in [2.75, 3.05) is 23.8 Å². The highest BCUT2D eigenvalue weighted by atomic mass is 32.2. The minimum Gasteiger partial charge on any atom is -0.399 e. The van der Waals surface area contributed by atoms with Crippen LogP contribution in [0.15, 0.2) is 23.1 Å². The van der Waals surface area contributed by atoms with Crippen molar-refractivity contribution in [3.8, 4) is 0 Å². The lowest BCUT2D eigenvalue weighted by Gasteiger charge is -2.13. The van der Waals surface area contributed by atoms with Gasteiger partial charge in [-0.2, -0.15) is 11.8 Å². The zero-order valence-electron chi connectivity index (χ0n) is 11.1. The monoisotopic (exact) mass is 300 g/mol. The predicted molar refractivity (Wildman–Crippen MR) is 80.9 cm³/mol. The van der Waals surface area contributed by atoms with Crippen LogP contribution in [0.2, 0.25) is 0 Å². The molecule has 1 unspecified atom stereocenters. The molecular formula is C13H20N2O2S2. The van der Waals surface area contributed by atoms with Gasteiger partial charge < -0.3 is 5.73 Å². The van der Waals surface area contributed by atoms with E-state index in [-0.39, 0.29) is 0 Å². The third kappa shape index (κ3) is 3.64. The fraction of sp³-hybridized carbons (Fsp3) is 0.538. The number of rotatable bonds is 5. The van der Waals surface area contributed by atoms with Gasteiger partial charge in [0.1, 0.15) is 0 Å². The molecular weight excluding hydrogens is 280 g/mol. The maximum Gasteiger partial charge on any atom is 0.240 e. The second-order valence-corrected chi connectivity index (χ2v) is 7.69. The molecule has 1 saturated heterocycles. The van der Waals surface area contributed by atoms with E-state index >= 15 is 0 Å². The molecule has 0 aromatic heterocycles. The zero-order chi connectivity index (χ0) is 13.9. The minimum absolute atomic E-state index is 0.320. The highest BCUT2D eigenvalue weighted by Gasteiger charge is 2.21. The molecule has 1 heterocycles. The van der Waals surface area contributed by atoms with Crippen molar-refractivity contribution in [3.63, 3.8) is 0 Å². The Labute approximate surface area is 119 Å². The van der Waals surface area contributed by atoms with Crippen LogP contribution in [0.4, 0.5) is 5.69 Å². The van der Waals surface area contributed by atoms with Gasteiger partial charge in [0.15, 0.2) is 0 Å². The van der Waals surface area contributed by atoms with E-state index < -0.39 is 10.0 Å². The summed E-state index contributed by atoms with van der Waals surface area (Å²) in [5, 5.41) is 0. The number of thioether (sulfide) groups is 1. The van der Waals surface area contributed by atoms with Gasteiger partial charge in [-0.25, -0.2) is 13.1 Å². The van der Waals surface area contributed by atoms with Gasteiger partial charge in [-0.15, -0.1) is 0 Å². The SMILES string of the molecule is CCc1ccc(N)cc1S(=O)(=O)NCC1CCSC1. The molecule has 4 nitrogen and oxygen atoms in total. The lowest BCUT2D eigenvalue weighted by Crippen LogP contribution is -2.30. The lowest BCUT2D eigenvalue weighted by molar-refractivity contribution is 0.545. The molecule has 2 rings (SSSR count). The van der Waals surface area contributed by atoms with Crippen LogP contribution in [0.3, 0.4) is 0 Å². The van der Waals surface area contributed by atoms with Crippen molar-refractivity contribution < 1.29 is 8.42 Å². The maximum absolute atomic E-state index is 12.3. The average molecular weight is 300 g/mol. The molecule has 0 spiro atoms. The summed E-state index contributed by atoms with van der Waals surface area (Å²) in [6.45, 7) is 2.46. The lowest BCUT2D eigenvalue weighted by atomic mass is 10.1. The second kappa shape index (κ2) is 6.15. The van der Waals surface area contributed by atoms with Gasteiger partial charge in [-0.3, -0.25) is 0 Å². The molecule has 0 saturated carbocycles. The number of nitrogen functional groups attached to an aromatic ring is 1. The fourth-order valence-electron chi connectivity index (χ4n) is 2.16. The van der Waals surface area contributed by atoms with Gasteiger partial charge in [-0.05, 0) is 48.0 Å². The van der Waals surface area contributed by atoms with Crippen molar-refractivity contribution >= 4 is 27.5 Å². The molecule has 0 bridgehead atoms. The number of nitrogens with two attached hydrogens (primary N) is 1. The summed E-state index contributed by atoms with van der Waals surface area (Å²) in [6, 6.07) is 5.07. The third-order valence-electron chi connectivity index (χ3n) is 3.35. The summed E-state index contributed by atoms with van der Waals surface area (Å²) in [5.74, 6) is 2.62. The molecule has 3 N–H and O–H groups in total. The highest BCUT2D eigenvalue weighted by Crippen LogP contribution is 2.24. The number of benzene rings is 1. The molecule has 0 radical (unpaired) electrons. The number of anilines is 1. The standard InChI is InChI=1S/C13H20N2O2S2/c1-2-11-3-4-12(14)7-13(11)19(16,17)15-8-10-5-6-18-9-10/h3-4,7,10,15H,2,5-6,8-9,14H2,1H3. The van der Waals surface area contributed by atoms with E-state index in [2.05, 4.69) is 4.72 Å². The van der Waals surface area contributed by atoms with E-state index in [0.717, 1.165) is 23.5 Å². The first-order valence-corrected chi connectivity index (χ1v) is 9.12. The van der Waals surface area contributed by atoms with E-state index in [4.69, 9.17) is 5.73 Å². The largest absolute Gasteiger partial charge is 0.399 e. The number of aryl methyl sites for hydroxylation is 1.